The molecular weight excluding hydrogens is 529 g/mol. The van der Waals surface area contributed by atoms with Gasteiger partial charge in [0, 0.05) is 17.3 Å². The third-order valence-corrected chi connectivity index (χ3v) is 7.22. The Morgan fingerprint density at radius 2 is 1.81 bits per heavy atom. The lowest BCUT2D eigenvalue weighted by Crippen LogP contribution is -2.58. The number of nitrogens with one attached hydrogen (secondary N) is 2. The summed E-state index contributed by atoms with van der Waals surface area (Å²) < 4.78 is 11.8. The first-order chi connectivity index (χ1) is 17.3. The number of amides is 3. The summed E-state index contributed by atoms with van der Waals surface area (Å²) in [5.74, 6) is -0.121. The number of carbonyl (C=O) groups excluding carboxylic acids is 2. The van der Waals surface area contributed by atoms with Crippen molar-refractivity contribution < 1.29 is 24.2 Å². The number of halogens is 3. The molecule has 0 bridgehead atoms. The summed E-state index contributed by atoms with van der Waals surface area (Å²) in [6.45, 7) is 0.777. The molecule has 3 amide bonds. The van der Waals surface area contributed by atoms with Crippen LogP contribution in [0.3, 0.4) is 0 Å². The average molecular weight is 557 g/mol. The van der Waals surface area contributed by atoms with Gasteiger partial charge < -0.3 is 30.1 Å². The highest BCUT2D eigenvalue weighted by molar-refractivity contribution is 6.42. The number of ether oxygens (including phenoxy) is 2. The fourth-order valence-corrected chi connectivity index (χ4v) is 4.85. The second-order valence-corrected chi connectivity index (χ2v) is 10.2. The molecule has 2 fully saturated rings. The fraction of sp³-hybridized carbons (Fsp3) is 0.440. The summed E-state index contributed by atoms with van der Waals surface area (Å²) in [6.07, 6.45) is -0.173. The largest absolute Gasteiger partial charge is 0.389 e. The topological polar surface area (TPSA) is 100 Å². The van der Waals surface area contributed by atoms with E-state index in [0.717, 1.165) is 5.56 Å². The number of fused-ring (bicyclic) bond motifs is 1. The molecule has 0 radical (unpaired) electrons. The molecule has 0 saturated carbocycles. The molecule has 4 atom stereocenters. The van der Waals surface area contributed by atoms with Crippen LogP contribution in [0.25, 0.3) is 0 Å². The lowest BCUT2D eigenvalue weighted by molar-refractivity contribution is -0.149. The van der Waals surface area contributed by atoms with Crippen molar-refractivity contribution >= 4 is 52.4 Å². The van der Waals surface area contributed by atoms with Crippen LogP contribution in [0.1, 0.15) is 24.8 Å². The average Bonchev–Trinajstić information content (AvgIpc) is 2.84. The Kier molecular flexibility index (Phi) is 9.33. The van der Waals surface area contributed by atoms with Gasteiger partial charge in [-0.15, -0.1) is 0 Å². The van der Waals surface area contributed by atoms with Gasteiger partial charge in [0.2, 0.25) is 5.91 Å². The second-order valence-electron chi connectivity index (χ2n) is 8.95. The molecule has 2 aromatic rings. The number of urea groups is 1. The minimum atomic E-state index is -0.832. The maximum absolute atomic E-state index is 13.2. The summed E-state index contributed by atoms with van der Waals surface area (Å²) >= 11 is 17.9. The van der Waals surface area contributed by atoms with Gasteiger partial charge in [0.05, 0.1) is 54.5 Å². The highest BCUT2D eigenvalue weighted by Crippen LogP contribution is 2.29. The number of anilines is 1. The molecule has 8 nitrogen and oxygen atoms in total. The van der Waals surface area contributed by atoms with Crippen molar-refractivity contribution in [2.45, 2.75) is 50.2 Å². The van der Waals surface area contributed by atoms with Gasteiger partial charge in [-0.1, -0.05) is 46.9 Å². The normalized spacial score (nSPS) is 24.3. The summed E-state index contributed by atoms with van der Waals surface area (Å²) in [5.41, 5.74) is 1.44. The number of hydrogen-bond donors (Lipinski definition) is 3. The van der Waals surface area contributed by atoms with E-state index >= 15 is 0 Å². The highest BCUT2D eigenvalue weighted by atomic mass is 35.5. The Bertz CT molecular complexity index is 1070. The Morgan fingerprint density at radius 3 is 2.56 bits per heavy atom. The number of aliphatic hydroxyl groups excluding tert-OH is 1. The van der Waals surface area contributed by atoms with Crippen LogP contribution in [0.5, 0.6) is 0 Å². The molecule has 36 heavy (non-hydrogen) atoms. The molecule has 2 aromatic carbocycles. The zero-order valence-electron chi connectivity index (χ0n) is 19.5. The minimum Gasteiger partial charge on any atom is -0.389 e. The van der Waals surface area contributed by atoms with Gasteiger partial charge in [-0.25, -0.2) is 4.79 Å². The van der Waals surface area contributed by atoms with Crippen molar-refractivity contribution in [3.8, 4) is 0 Å². The molecule has 0 spiro atoms. The van der Waals surface area contributed by atoms with Crippen molar-refractivity contribution in [2.75, 3.05) is 25.1 Å². The van der Waals surface area contributed by atoms with Crippen molar-refractivity contribution in [2.24, 2.45) is 0 Å². The molecular formula is C25H28Cl3N3O5. The molecule has 0 aliphatic carbocycles. The lowest BCUT2D eigenvalue weighted by Gasteiger charge is -2.44. The van der Waals surface area contributed by atoms with E-state index in [4.69, 9.17) is 44.3 Å². The molecule has 194 valence electrons. The maximum atomic E-state index is 13.2. The van der Waals surface area contributed by atoms with Gasteiger partial charge in [-0.05, 0) is 48.7 Å². The number of rotatable bonds is 5. The first-order valence-electron chi connectivity index (χ1n) is 11.7. The number of benzene rings is 2. The van der Waals surface area contributed by atoms with Crippen LogP contribution in [0.2, 0.25) is 15.1 Å². The molecule has 3 N–H and O–H groups in total. The summed E-state index contributed by atoms with van der Waals surface area (Å²) in [4.78, 5) is 27.3. The summed E-state index contributed by atoms with van der Waals surface area (Å²) in [6, 6.07) is 11.4. The molecule has 11 heteroatoms. The molecule has 2 saturated heterocycles. The summed E-state index contributed by atoms with van der Waals surface area (Å²) in [5, 5.41) is 17.4. The van der Waals surface area contributed by atoms with Gasteiger partial charge in [-0.3, -0.25) is 4.79 Å². The molecule has 0 unspecified atom stereocenters. The van der Waals surface area contributed by atoms with E-state index < -0.39 is 12.2 Å². The van der Waals surface area contributed by atoms with Crippen molar-refractivity contribution in [1.29, 1.82) is 0 Å². The number of aliphatic hydroxyl groups is 1. The number of nitrogens with zero attached hydrogens (tertiary/aromatic N) is 1. The molecule has 2 heterocycles. The van der Waals surface area contributed by atoms with E-state index in [-0.39, 0.29) is 50.3 Å². The Hall–Kier alpha value is -2.07. The first kappa shape index (κ1) is 27.0. The van der Waals surface area contributed by atoms with Crippen LogP contribution in [0.15, 0.2) is 42.5 Å². The Labute approximate surface area is 224 Å². The SMILES string of the molecule is O=C(C[C@H]1CC[C@H]2[C@@H](COC[C@H](O)CN2C(=O)Nc2ccc(Cl)c(Cl)c2)O1)NCc1ccc(Cl)cc1. The fourth-order valence-electron chi connectivity index (χ4n) is 4.43. The monoisotopic (exact) mass is 555 g/mol. The number of carbonyl (C=O) groups is 2. The van der Waals surface area contributed by atoms with Crippen molar-refractivity contribution in [3.05, 3.63) is 63.1 Å². The lowest BCUT2D eigenvalue weighted by atomic mass is 9.95. The van der Waals surface area contributed by atoms with Crippen molar-refractivity contribution in [1.82, 2.24) is 10.2 Å². The zero-order valence-corrected chi connectivity index (χ0v) is 21.7. The van der Waals surface area contributed by atoms with Crippen molar-refractivity contribution in [3.63, 3.8) is 0 Å². The third-order valence-electron chi connectivity index (χ3n) is 6.23. The van der Waals surface area contributed by atoms with E-state index in [9.17, 15) is 14.7 Å². The van der Waals surface area contributed by atoms with Gasteiger partial charge in [0.25, 0.3) is 0 Å². The summed E-state index contributed by atoms with van der Waals surface area (Å²) in [7, 11) is 0. The number of hydrogen-bond acceptors (Lipinski definition) is 5. The van der Waals surface area contributed by atoms with E-state index in [0.29, 0.717) is 40.1 Å². The van der Waals surface area contributed by atoms with E-state index in [1.807, 2.05) is 12.1 Å². The van der Waals surface area contributed by atoms with Gasteiger partial charge >= 0.3 is 6.03 Å². The number of β-amino-alcohol motifs (C(OH)–C–C–N with tert-alkyl or cyclic N) is 1. The maximum Gasteiger partial charge on any atom is 0.322 e. The second kappa shape index (κ2) is 12.4. The van der Waals surface area contributed by atoms with E-state index in [1.165, 1.54) is 0 Å². The Balaban J connectivity index is 1.36. The molecule has 0 aromatic heterocycles. The standard InChI is InChI=1S/C25H28Cl3N3O5/c26-16-3-1-15(2-4-16)11-29-24(33)10-19-6-8-22-23(36-19)14-35-13-18(32)12-31(22)25(34)30-17-5-7-20(27)21(28)9-17/h1-5,7,9,18-19,22-23,32H,6,8,10-14H2,(H,29,33)(H,30,34)/t18-,19-,22+,23-/m1/s1. The van der Waals surface area contributed by atoms with E-state index in [2.05, 4.69) is 10.6 Å². The molecule has 2 aliphatic rings. The van der Waals surface area contributed by atoms with Crippen LogP contribution in [-0.4, -0.2) is 66.1 Å². The molecule has 4 rings (SSSR count). The third kappa shape index (κ3) is 7.25. The van der Waals surface area contributed by atoms with Gasteiger partial charge in [0.1, 0.15) is 6.10 Å². The quantitative estimate of drug-likeness (QED) is 0.504. The van der Waals surface area contributed by atoms with Gasteiger partial charge in [0.15, 0.2) is 0 Å². The highest BCUT2D eigenvalue weighted by Gasteiger charge is 2.40. The van der Waals surface area contributed by atoms with Crippen LogP contribution < -0.4 is 10.6 Å². The zero-order chi connectivity index (χ0) is 25.7. The van der Waals surface area contributed by atoms with Crippen LogP contribution in [0.4, 0.5) is 10.5 Å². The van der Waals surface area contributed by atoms with Gasteiger partial charge in [-0.2, -0.15) is 0 Å². The predicted octanol–water partition coefficient (Wildman–Crippen LogP) is 4.49. The minimum absolute atomic E-state index is 0.0787. The molecule has 2 aliphatic heterocycles. The smallest absolute Gasteiger partial charge is 0.322 e. The first-order valence-corrected chi connectivity index (χ1v) is 12.9. The Morgan fingerprint density at radius 1 is 1.03 bits per heavy atom. The predicted molar refractivity (Wildman–Crippen MR) is 139 cm³/mol. The van der Waals surface area contributed by atoms with Crippen LogP contribution in [0, 0.1) is 0 Å². The van der Waals surface area contributed by atoms with E-state index in [1.54, 1.807) is 35.2 Å². The van der Waals surface area contributed by atoms with Crippen LogP contribution in [-0.2, 0) is 20.8 Å². The van der Waals surface area contributed by atoms with Crippen LogP contribution >= 0.6 is 34.8 Å².